The maximum absolute atomic E-state index is 14.3. The largest absolute Gasteiger partial charge is 0.481 e. The zero-order valence-electron chi connectivity index (χ0n) is 35.8. The molecule has 3 fully saturated rings. The van der Waals surface area contributed by atoms with Crippen molar-refractivity contribution in [3.63, 3.8) is 0 Å². The molecule has 0 unspecified atom stereocenters. The number of rotatable bonds is 11. The number of esters is 1. The van der Waals surface area contributed by atoms with Gasteiger partial charge >= 0.3 is 11.9 Å². The van der Waals surface area contributed by atoms with Gasteiger partial charge in [-0.25, -0.2) is 0 Å². The van der Waals surface area contributed by atoms with Gasteiger partial charge in [0.1, 0.15) is 23.9 Å². The number of likely N-dealkylation sites (N-methyl/N-ethyl adjacent to an activating group) is 1. The number of hydrogen-bond donors (Lipinski definition) is 6. The third-order valence-corrected chi connectivity index (χ3v) is 12.9. The Morgan fingerprint density at radius 3 is 2.09 bits per heavy atom. The van der Waals surface area contributed by atoms with Gasteiger partial charge in [0.25, 0.3) is 0 Å². The van der Waals surface area contributed by atoms with E-state index >= 15 is 0 Å². The molecule has 0 aromatic rings. The van der Waals surface area contributed by atoms with Crippen LogP contribution in [0.25, 0.3) is 0 Å². The summed E-state index contributed by atoms with van der Waals surface area (Å²) < 4.78 is 44.1. The molecule has 0 radical (unpaired) electrons. The van der Waals surface area contributed by atoms with Crippen molar-refractivity contribution in [3.8, 4) is 0 Å². The first-order valence-electron chi connectivity index (χ1n) is 20.1. The monoisotopic (exact) mass is 804 g/mol. The second-order valence-corrected chi connectivity index (χ2v) is 17.3. The van der Waals surface area contributed by atoms with Crippen molar-refractivity contribution >= 4 is 17.7 Å². The van der Waals surface area contributed by atoms with Crippen LogP contribution in [0.4, 0.5) is 0 Å². The van der Waals surface area contributed by atoms with Crippen molar-refractivity contribution in [1.82, 2.24) is 4.90 Å². The lowest BCUT2D eigenvalue weighted by molar-refractivity contribution is -0.319. The maximum atomic E-state index is 14.3. The number of carbonyl (C=O) groups is 2. The molecule has 326 valence electrons. The van der Waals surface area contributed by atoms with Gasteiger partial charge < -0.3 is 64.1 Å². The highest BCUT2D eigenvalue weighted by atomic mass is 16.7. The molecule has 56 heavy (non-hydrogen) atoms. The van der Waals surface area contributed by atoms with E-state index in [2.05, 4.69) is 0 Å². The lowest BCUT2D eigenvalue weighted by Crippen LogP contribution is -2.61. The average molecular weight is 805 g/mol. The highest BCUT2D eigenvalue weighted by Gasteiger charge is 2.53. The van der Waals surface area contributed by atoms with E-state index in [4.69, 9.17) is 33.2 Å². The maximum Gasteiger partial charge on any atom is 0.311 e. The number of methoxy groups -OCH3 is 2. The van der Waals surface area contributed by atoms with Gasteiger partial charge in [-0.1, -0.05) is 27.7 Å². The molecule has 0 aliphatic carbocycles. The summed E-state index contributed by atoms with van der Waals surface area (Å²) in [6, 6.07) is -0.518. The van der Waals surface area contributed by atoms with Gasteiger partial charge in [0.2, 0.25) is 0 Å². The third-order valence-electron chi connectivity index (χ3n) is 12.9. The number of carboxylic acids is 1. The summed E-state index contributed by atoms with van der Waals surface area (Å²) in [4.78, 5) is 27.4. The first-order valence-corrected chi connectivity index (χ1v) is 20.1. The molecule has 18 atom stereocenters. The lowest BCUT2D eigenvalue weighted by atomic mass is 9.73. The van der Waals surface area contributed by atoms with Crippen LogP contribution in [0.3, 0.4) is 0 Å². The van der Waals surface area contributed by atoms with Gasteiger partial charge in [0.15, 0.2) is 12.6 Å². The average Bonchev–Trinajstić information content (AvgIpc) is 3.14. The van der Waals surface area contributed by atoms with Crippen molar-refractivity contribution in [3.05, 3.63) is 0 Å². The predicted molar refractivity (Wildman–Crippen MR) is 205 cm³/mol. The van der Waals surface area contributed by atoms with Crippen molar-refractivity contribution in [2.24, 2.45) is 23.7 Å². The number of aliphatic hydroxyl groups is 4. The highest BCUT2D eigenvalue weighted by Crippen LogP contribution is 2.42. The quantitative estimate of drug-likeness (QED) is 0.165. The topological polar surface area (TPSA) is 227 Å². The fourth-order valence-corrected chi connectivity index (χ4v) is 8.97. The first-order chi connectivity index (χ1) is 25.9. The van der Waals surface area contributed by atoms with E-state index in [0.29, 0.717) is 6.42 Å². The van der Waals surface area contributed by atoms with E-state index in [1.54, 1.807) is 53.5 Å². The van der Waals surface area contributed by atoms with Crippen LogP contribution in [0.2, 0.25) is 0 Å². The summed E-state index contributed by atoms with van der Waals surface area (Å²) in [5.74, 6) is -4.86. The summed E-state index contributed by atoms with van der Waals surface area (Å²) in [5, 5.41) is 64.6. The van der Waals surface area contributed by atoms with Crippen molar-refractivity contribution in [2.45, 2.75) is 186 Å². The molecular weight excluding hydrogens is 732 g/mol. The second kappa shape index (κ2) is 19.5. The molecule has 0 aromatic carbocycles. The van der Waals surface area contributed by atoms with Crippen molar-refractivity contribution < 1.29 is 68.3 Å². The molecule has 0 bridgehead atoms. The number of ether oxygens (including phenoxy) is 7. The molecule has 3 saturated heterocycles. The summed E-state index contributed by atoms with van der Waals surface area (Å²) in [7, 11) is 4.74. The van der Waals surface area contributed by atoms with E-state index in [9.17, 15) is 40.5 Å². The van der Waals surface area contributed by atoms with Crippen molar-refractivity contribution in [1.29, 1.82) is 5.41 Å². The van der Waals surface area contributed by atoms with E-state index < -0.39 is 120 Å². The molecule has 0 aromatic heterocycles. The van der Waals surface area contributed by atoms with Gasteiger partial charge in [-0.05, 0) is 73.8 Å². The predicted octanol–water partition coefficient (Wildman–Crippen LogP) is 2.74. The van der Waals surface area contributed by atoms with E-state index in [-0.39, 0.29) is 37.9 Å². The number of aliphatic carboxylic acids is 1. The van der Waals surface area contributed by atoms with Crippen LogP contribution in [0.5, 0.6) is 0 Å². The number of nitrogens with one attached hydrogen (secondary N) is 1. The normalized spacial score (nSPS) is 46.3. The number of nitrogens with zero attached hydrogens (tertiary/aromatic N) is 1. The lowest BCUT2D eigenvalue weighted by Gasteiger charge is -2.50. The molecule has 0 saturated carbocycles. The Hall–Kier alpha value is -1.83. The molecule has 3 aliphatic heterocycles. The zero-order chi connectivity index (χ0) is 42.7. The number of carbonyl (C=O) groups excluding carboxylic acids is 1. The number of hydrogen-bond acceptors (Lipinski definition) is 15. The van der Waals surface area contributed by atoms with Crippen LogP contribution in [-0.4, -0.2) is 160 Å². The minimum atomic E-state index is -1.92. The van der Waals surface area contributed by atoms with Crippen LogP contribution in [0, 0.1) is 29.1 Å². The molecule has 3 rings (SSSR count). The number of aliphatic hydroxyl groups excluding tert-OH is 3. The molecule has 16 heteroatoms. The minimum Gasteiger partial charge on any atom is -0.481 e. The van der Waals surface area contributed by atoms with Crippen LogP contribution >= 0.6 is 0 Å². The fraction of sp³-hybridized carbons (Fsp3) is 0.925. The van der Waals surface area contributed by atoms with Crippen LogP contribution in [-0.2, 0) is 42.7 Å². The summed E-state index contributed by atoms with van der Waals surface area (Å²) in [6.07, 6.45) is -9.46. The summed E-state index contributed by atoms with van der Waals surface area (Å²) >= 11 is 0. The second-order valence-electron chi connectivity index (χ2n) is 17.3. The standard InChI is InChI=1S/C40H72N2O14/c1-14-27-40(10,49)33(46)22(4)30(41)20(2)18-39(9,51-13)35(56-37-31(45)26(17-21(3)52-37)42(11)16-15-28(43)44)23(5)32(24(6)36(48)54-27)55-29-19-38(8,50-12)34(47)25(7)53-29/h20-27,29,31-35,37,41,45-47,49H,14-19H2,1-13H3,(H,43,44)/t20-,21-,22+,23+,24-,25+,26+,27-,29+,31-,32+,33-,34+,35-,37+,38-,39-,40-/m1/s1. The smallest absolute Gasteiger partial charge is 0.311 e. The minimum absolute atomic E-state index is 0.101. The molecule has 0 amide bonds. The Kier molecular flexibility index (Phi) is 16.9. The summed E-state index contributed by atoms with van der Waals surface area (Å²) in [5.41, 5.74) is -4.10. The zero-order valence-corrected chi connectivity index (χ0v) is 35.8. The van der Waals surface area contributed by atoms with E-state index in [1.807, 2.05) is 20.8 Å². The van der Waals surface area contributed by atoms with Gasteiger partial charge in [-0.2, -0.15) is 0 Å². The first kappa shape index (κ1) is 48.5. The van der Waals surface area contributed by atoms with Crippen LogP contribution < -0.4 is 0 Å². The molecule has 16 nitrogen and oxygen atoms in total. The molecule has 3 aliphatic rings. The highest BCUT2D eigenvalue weighted by molar-refractivity contribution is 5.86. The van der Waals surface area contributed by atoms with E-state index in [1.165, 1.54) is 21.1 Å². The molecule has 3 heterocycles. The van der Waals surface area contributed by atoms with Gasteiger partial charge in [0, 0.05) is 50.8 Å². The number of cyclic esters (lactones) is 1. The molecule has 6 N–H and O–H groups in total. The number of carboxylic acid groups (broad SMARTS) is 1. The molecule has 0 spiro atoms. The Morgan fingerprint density at radius 1 is 0.929 bits per heavy atom. The summed E-state index contributed by atoms with van der Waals surface area (Å²) in [6.45, 7) is 17.3. The fourth-order valence-electron chi connectivity index (χ4n) is 8.97. The van der Waals surface area contributed by atoms with Crippen LogP contribution in [0.15, 0.2) is 0 Å². The van der Waals surface area contributed by atoms with Gasteiger partial charge in [0.05, 0.1) is 54.1 Å². The van der Waals surface area contributed by atoms with Crippen LogP contribution in [0.1, 0.15) is 101 Å². The molecular formula is C40H72N2O14. The Morgan fingerprint density at radius 2 is 1.54 bits per heavy atom. The van der Waals surface area contributed by atoms with Gasteiger partial charge in [-0.3, -0.25) is 14.5 Å². The Bertz CT molecular complexity index is 1320. The Balaban J connectivity index is 2.21. The SMILES string of the molecule is CC[C@H]1OC(=O)[C@H](C)[C@@H](O[C@H]2C[C@@](C)(OC)[C@@H](O)[C@H](C)O2)[C@H](C)[C@@H](O[C@@H]2O[C@H](C)C[C@H](N(C)CCC(=O)O)[C@H]2O)[C@](C)(OC)C[C@@H](C)C(=N)[C@H](C)[C@@H](O)[C@]1(C)O. The Labute approximate surface area is 332 Å². The van der Waals surface area contributed by atoms with Crippen molar-refractivity contribution in [2.75, 3.05) is 27.8 Å². The van der Waals surface area contributed by atoms with Gasteiger partial charge in [-0.15, -0.1) is 0 Å². The van der Waals surface area contributed by atoms with E-state index in [0.717, 1.165) is 0 Å². The third kappa shape index (κ3) is 10.7.